The third-order valence-electron chi connectivity index (χ3n) is 2.73. The van der Waals surface area contributed by atoms with E-state index in [1.807, 2.05) is 30.5 Å². The highest BCUT2D eigenvalue weighted by Crippen LogP contribution is 2.20. The second kappa shape index (κ2) is 3.12. The second-order valence-corrected chi connectivity index (χ2v) is 4.03. The summed E-state index contributed by atoms with van der Waals surface area (Å²) in [7, 11) is 0. The van der Waals surface area contributed by atoms with Gasteiger partial charge < -0.3 is 10.3 Å². The molecule has 1 saturated carbocycles. The molecule has 2 N–H and O–H groups in total. The predicted molar refractivity (Wildman–Crippen MR) is 58.8 cm³/mol. The van der Waals surface area contributed by atoms with E-state index in [0.717, 1.165) is 29.3 Å². The van der Waals surface area contributed by atoms with Gasteiger partial charge >= 0.3 is 0 Å². The normalized spacial score (nSPS) is 15.5. The van der Waals surface area contributed by atoms with Gasteiger partial charge in [-0.2, -0.15) is 0 Å². The Morgan fingerprint density at radius 1 is 1.33 bits per heavy atom. The largest absolute Gasteiger partial charge is 0.361 e. The highest BCUT2D eigenvalue weighted by Gasteiger charge is 2.23. The lowest BCUT2D eigenvalue weighted by atomic mass is 10.1. The van der Waals surface area contributed by atoms with Crippen LogP contribution in [0.15, 0.2) is 30.5 Å². The van der Waals surface area contributed by atoms with E-state index in [1.165, 1.54) is 0 Å². The zero-order valence-corrected chi connectivity index (χ0v) is 8.29. The summed E-state index contributed by atoms with van der Waals surface area (Å²) in [4.78, 5) is 14.8. The Morgan fingerprint density at radius 2 is 2.20 bits per heavy atom. The van der Waals surface area contributed by atoms with Crippen LogP contribution in [0.4, 0.5) is 0 Å². The number of rotatable bonds is 2. The van der Waals surface area contributed by atoms with Crippen LogP contribution in [0.2, 0.25) is 0 Å². The number of aromatic nitrogens is 1. The van der Waals surface area contributed by atoms with Gasteiger partial charge in [0.05, 0.1) is 0 Å². The molecule has 0 bridgehead atoms. The van der Waals surface area contributed by atoms with Crippen molar-refractivity contribution in [3.8, 4) is 0 Å². The maximum Gasteiger partial charge on any atom is 0.251 e. The number of hydrogen-bond donors (Lipinski definition) is 2. The number of hydrogen-bond acceptors (Lipinski definition) is 1. The lowest BCUT2D eigenvalue weighted by Gasteiger charge is -2.02. The number of aromatic amines is 1. The molecule has 0 saturated heterocycles. The first-order chi connectivity index (χ1) is 7.33. The average Bonchev–Trinajstić information content (AvgIpc) is 2.94. The minimum atomic E-state index is 0.0361. The summed E-state index contributed by atoms with van der Waals surface area (Å²) in [5.74, 6) is 0.0361. The Balaban J connectivity index is 1.91. The molecule has 1 aliphatic carbocycles. The minimum absolute atomic E-state index is 0.0361. The monoisotopic (exact) mass is 200 g/mol. The minimum Gasteiger partial charge on any atom is -0.361 e. The molecule has 3 heteroatoms. The molecule has 3 nitrogen and oxygen atoms in total. The van der Waals surface area contributed by atoms with Crippen LogP contribution in [-0.4, -0.2) is 16.9 Å². The maximum absolute atomic E-state index is 11.7. The molecule has 1 amide bonds. The van der Waals surface area contributed by atoms with Gasteiger partial charge in [0.25, 0.3) is 5.91 Å². The van der Waals surface area contributed by atoms with Crippen LogP contribution in [0.5, 0.6) is 0 Å². The van der Waals surface area contributed by atoms with Crippen LogP contribution in [0.3, 0.4) is 0 Å². The van der Waals surface area contributed by atoms with Crippen molar-refractivity contribution in [2.75, 3.05) is 0 Å². The smallest absolute Gasteiger partial charge is 0.251 e. The summed E-state index contributed by atoms with van der Waals surface area (Å²) < 4.78 is 0. The fraction of sp³-hybridized carbons (Fsp3) is 0.250. The van der Waals surface area contributed by atoms with Crippen LogP contribution in [0, 0.1) is 0 Å². The summed E-state index contributed by atoms with van der Waals surface area (Å²) in [5, 5.41) is 4.11. The Labute approximate surface area is 87.5 Å². The molecular weight excluding hydrogens is 188 g/mol. The van der Waals surface area contributed by atoms with Crippen LogP contribution in [0.25, 0.3) is 10.9 Å². The summed E-state index contributed by atoms with van der Waals surface area (Å²) in [6, 6.07) is 8.14. The Kier molecular flexibility index (Phi) is 1.78. The second-order valence-electron chi connectivity index (χ2n) is 4.03. The molecule has 0 radical (unpaired) electrons. The lowest BCUT2D eigenvalue weighted by Crippen LogP contribution is -2.25. The summed E-state index contributed by atoms with van der Waals surface area (Å²) in [5.41, 5.74) is 1.75. The molecule has 0 spiro atoms. The van der Waals surface area contributed by atoms with Crippen LogP contribution < -0.4 is 5.32 Å². The van der Waals surface area contributed by atoms with Gasteiger partial charge in [0.2, 0.25) is 0 Å². The van der Waals surface area contributed by atoms with Crippen LogP contribution >= 0.6 is 0 Å². The van der Waals surface area contributed by atoms with Crippen molar-refractivity contribution in [1.29, 1.82) is 0 Å². The number of nitrogens with one attached hydrogen (secondary N) is 2. The van der Waals surface area contributed by atoms with E-state index < -0.39 is 0 Å². The van der Waals surface area contributed by atoms with Crippen molar-refractivity contribution >= 4 is 16.8 Å². The SMILES string of the molecule is O=C(NC1CC1)c1ccc2cc[nH]c2c1. The van der Waals surface area contributed by atoms with Crippen molar-refractivity contribution < 1.29 is 4.79 Å². The van der Waals surface area contributed by atoms with Gasteiger partial charge in [-0.25, -0.2) is 0 Å². The molecule has 76 valence electrons. The van der Waals surface area contributed by atoms with E-state index >= 15 is 0 Å². The van der Waals surface area contributed by atoms with Crippen molar-refractivity contribution in [3.63, 3.8) is 0 Å². The van der Waals surface area contributed by atoms with Gasteiger partial charge in [-0.3, -0.25) is 4.79 Å². The topological polar surface area (TPSA) is 44.9 Å². The number of amides is 1. The number of fused-ring (bicyclic) bond motifs is 1. The highest BCUT2D eigenvalue weighted by atomic mass is 16.1. The number of carbonyl (C=O) groups is 1. The quantitative estimate of drug-likeness (QED) is 0.765. The molecule has 0 atom stereocenters. The molecular formula is C12H12N2O. The first-order valence-corrected chi connectivity index (χ1v) is 5.21. The molecule has 1 aliphatic rings. The van der Waals surface area contributed by atoms with Gasteiger partial charge in [0, 0.05) is 23.3 Å². The van der Waals surface area contributed by atoms with E-state index in [9.17, 15) is 4.79 Å². The highest BCUT2D eigenvalue weighted by molar-refractivity contribution is 5.98. The van der Waals surface area contributed by atoms with E-state index in [-0.39, 0.29) is 5.91 Å². The molecule has 1 aromatic heterocycles. The lowest BCUT2D eigenvalue weighted by molar-refractivity contribution is 0.0951. The Bertz CT molecular complexity index is 511. The standard InChI is InChI=1S/C12H12N2O/c15-12(14-10-3-4-10)9-2-1-8-5-6-13-11(8)7-9/h1-2,5-7,10,13H,3-4H2,(H,14,15). The summed E-state index contributed by atoms with van der Waals surface area (Å²) >= 11 is 0. The maximum atomic E-state index is 11.7. The Morgan fingerprint density at radius 3 is 3.00 bits per heavy atom. The van der Waals surface area contributed by atoms with Crippen molar-refractivity contribution in [1.82, 2.24) is 10.3 Å². The van der Waals surface area contributed by atoms with Gasteiger partial charge in [-0.1, -0.05) is 6.07 Å². The van der Waals surface area contributed by atoms with E-state index in [1.54, 1.807) is 0 Å². The Hall–Kier alpha value is -1.77. The zero-order chi connectivity index (χ0) is 10.3. The van der Waals surface area contributed by atoms with E-state index in [2.05, 4.69) is 10.3 Å². The van der Waals surface area contributed by atoms with E-state index in [4.69, 9.17) is 0 Å². The van der Waals surface area contributed by atoms with Crippen molar-refractivity contribution in [2.24, 2.45) is 0 Å². The first kappa shape index (κ1) is 8.53. The molecule has 15 heavy (non-hydrogen) atoms. The van der Waals surface area contributed by atoms with Crippen LogP contribution in [-0.2, 0) is 0 Å². The first-order valence-electron chi connectivity index (χ1n) is 5.21. The van der Waals surface area contributed by atoms with Crippen LogP contribution in [0.1, 0.15) is 23.2 Å². The van der Waals surface area contributed by atoms with Gasteiger partial charge in [-0.15, -0.1) is 0 Å². The van der Waals surface area contributed by atoms with E-state index in [0.29, 0.717) is 6.04 Å². The van der Waals surface area contributed by atoms with Crippen molar-refractivity contribution in [3.05, 3.63) is 36.0 Å². The molecule has 0 aliphatic heterocycles. The number of carbonyl (C=O) groups excluding carboxylic acids is 1. The van der Waals surface area contributed by atoms with Gasteiger partial charge in [0.15, 0.2) is 0 Å². The van der Waals surface area contributed by atoms with Gasteiger partial charge in [0.1, 0.15) is 0 Å². The molecule has 1 aromatic carbocycles. The molecule has 0 unspecified atom stereocenters. The third-order valence-corrected chi connectivity index (χ3v) is 2.73. The molecule has 1 heterocycles. The fourth-order valence-corrected chi connectivity index (χ4v) is 1.69. The number of benzene rings is 1. The van der Waals surface area contributed by atoms with Crippen molar-refractivity contribution in [2.45, 2.75) is 18.9 Å². The van der Waals surface area contributed by atoms with Gasteiger partial charge in [-0.05, 0) is 36.4 Å². The summed E-state index contributed by atoms with van der Waals surface area (Å²) in [6.45, 7) is 0. The zero-order valence-electron chi connectivity index (χ0n) is 8.29. The molecule has 2 aromatic rings. The number of H-pyrrole nitrogens is 1. The summed E-state index contributed by atoms with van der Waals surface area (Å²) in [6.07, 6.45) is 4.13. The molecule has 1 fully saturated rings. The fourth-order valence-electron chi connectivity index (χ4n) is 1.69. The molecule has 3 rings (SSSR count). The average molecular weight is 200 g/mol. The predicted octanol–water partition coefficient (Wildman–Crippen LogP) is 2.06. The third kappa shape index (κ3) is 1.61.